The van der Waals surface area contributed by atoms with Gasteiger partial charge in [-0.25, -0.2) is 0 Å². The fraction of sp³-hybridized carbons (Fsp3) is 0.500. The second-order valence-corrected chi connectivity index (χ2v) is 3.56. The molecule has 80 valence electrons. The zero-order valence-corrected chi connectivity index (χ0v) is 7.06. The van der Waals surface area contributed by atoms with Crippen LogP contribution in [0.25, 0.3) is 0 Å². The van der Waals surface area contributed by atoms with Crippen molar-refractivity contribution < 1.29 is 30.0 Å². The molecule has 0 aromatic carbocycles. The molecular weight excluding hydrogens is 232 g/mol. The predicted molar refractivity (Wildman–Crippen MR) is 33.0 cm³/mol. The largest absolute Gasteiger partial charge is 0.471 e. The van der Waals surface area contributed by atoms with E-state index in [4.69, 9.17) is 0 Å². The first-order chi connectivity index (χ1) is 6.18. The molecule has 1 aromatic rings. The van der Waals surface area contributed by atoms with Crippen LogP contribution in [0.4, 0.5) is 17.1 Å². The number of hydrogen-bond donors (Lipinski definition) is 0. The van der Waals surface area contributed by atoms with E-state index >= 15 is 0 Å². The fourth-order valence-corrected chi connectivity index (χ4v) is 1.01. The number of aromatic nitrogens is 2. The molecule has 0 aliphatic carbocycles. The molecule has 14 heavy (non-hydrogen) atoms. The van der Waals surface area contributed by atoms with Gasteiger partial charge in [0.2, 0.25) is 0 Å². The number of hydrogen-bond acceptors (Lipinski definition) is 5. The molecule has 0 saturated heterocycles. The molecule has 0 radical (unpaired) electrons. The molecule has 0 amide bonds. The van der Waals surface area contributed by atoms with Crippen molar-refractivity contribution >= 4 is 10.2 Å². The summed E-state index contributed by atoms with van der Waals surface area (Å²) in [5.41, 5.74) is 0. The summed E-state index contributed by atoms with van der Waals surface area (Å²) in [5, 5.41) is 2.64. The Morgan fingerprint density at radius 1 is 1.36 bits per heavy atom. The van der Waals surface area contributed by atoms with Crippen LogP contribution in [0.1, 0.15) is 11.7 Å². The molecule has 0 spiro atoms. The summed E-state index contributed by atoms with van der Waals surface area (Å²) in [4.78, 5) is 2.64. The van der Waals surface area contributed by atoms with Crippen molar-refractivity contribution in [3.63, 3.8) is 0 Å². The molecule has 10 heteroatoms. The Bertz CT molecular complexity index is 422. The summed E-state index contributed by atoms with van der Waals surface area (Å²) in [5.74, 6) is -3.93. The van der Waals surface area contributed by atoms with Gasteiger partial charge in [0.15, 0.2) is 5.82 Å². The maximum absolute atomic E-state index is 11.9. The van der Waals surface area contributed by atoms with Gasteiger partial charge in [0.25, 0.3) is 0 Å². The highest BCUT2D eigenvalue weighted by atomic mass is 32.3. The summed E-state index contributed by atoms with van der Waals surface area (Å²) in [6.07, 6.45) is -4.87. The van der Waals surface area contributed by atoms with Crippen LogP contribution in [0.2, 0.25) is 0 Å². The summed E-state index contributed by atoms with van der Waals surface area (Å²) in [6.45, 7) is 0. The maximum atomic E-state index is 11.9. The smallest absolute Gasteiger partial charge is 0.329 e. The minimum Gasteiger partial charge on any atom is -0.329 e. The van der Waals surface area contributed by atoms with E-state index in [0.29, 0.717) is 0 Å². The number of halogens is 4. The van der Waals surface area contributed by atoms with Gasteiger partial charge in [0.05, 0.1) is 0 Å². The molecule has 1 heterocycles. The van der Waals surface area contributed by atoms with Gasteiger partial charge in [0, 0.05) is 0 Å². The second kappa shape index (κ2) is 3.19. The van der Waals surface area contributed by atoms with Gasteiger partial charge in [-0.05, 0) is 0 Å². The van der Waals surface area contributed by atoms with Crippen LogP contribution in [0.3, 0.4) is 0 Å². The maximum Gasteiger partial charge on any atom is 0.471 e. The van der Waals surface area contributed by atoms with Crippen LogP contribution in [0.5, 0.6) is 0 Å². The second-order valence-electron chi connectivity index (χ2n) is 2.20. The first-order valence-electron chi connectivity index (χ1n) is 3.00. The van der Waals surface area contributed by atoms with Gasteiger partial charge in [-0.1, -0.05) is 5.16 Å². The summed E-state index contributed by atoms with van der Waals surface area (Å²) >= 11 is 0. The van der Waals surface area contributed by atoms with Gasteiger partial charge < -0.3 is 4.52 Å². The van der Waals surface area contributed by atoms with Crippen LogP contribution in [0.15, 0.2) is 4.52 Å². The van der Waals surface area contributed by atoms with E-state index in [1.54, 1.807) is 0 Å². The molecule has 5 nitrogen and oxygen atoms in total. The SMILES string of the molecule is O=S(=O)(F)Cc1noc(C(F)(F)F)n1. The molecule has 0 aliphatic rings. The minimum atomic E-state index is -4.96. The van der Waals surface area contributed by atoms with Crippen molar-refractivity contribution in [3.8, 4) is 0 Å². The first kappa shape index (κ1) is 10.9. The average Bonchev–Trinajstić information content (AvgIpc) is 2.29. The molecule has 0 N–H and O–H groups in total. The predicted octanol–water partition coefficient (Wildman–Crippen LogP) is 0.888. The Morgan fingerprint density at radius 3 is 2.29 bits per heavy atom. The van der Waals surface area contributed by atoms with Crippen LogP contribution >= 0.6 is 0 Å². The highest BCUT2D eigenvalue weighted by Crippen LogP contribution is 2.27. The molecule has 1 aromatic heterocycles. The Labute approximate surface area is 74.9 Å². The van der Waals surface area contributed by atoms with Crippen molar-refractivity contribution in [2.75, 3.05) is 0 Å². The molecular formula is C4H2F4N2O3S. The molecule has 0 aliphatic heterocycles. The monoisotopic (exact) mass is 234 g/mol. The normalized spacial score (nSPS) is 13.1. The third kappa shape index (κ3) is 2.94. The molecule has 1 rings (SSSR count). The molecule has 0 unspecified atom stereocenters. The molecule has 0 fully saturated rings. The van der Waals surface area contributed by atoms with Crippen molar-refractivity contribution in [2.24, 2.45) is 0 Å². The molecule has 0 bridgehead atoms. The van der Waals surface area contributed by atoms with Crippen molar-refractivity contribution in [3.05, 3.63) is 11.7 Å². The highest BCUT2D eigenvalue weighted by molar-refractivity contribution is 7.85. The van der Waals surface area contributed by atoms with E-state index in [1.807, 2.05) is 0 Å². The van der Waals surface area contributed by atoms with Crippen LogP contribution in [0, 0.1) is 0 Å². The highest BCUT2D eigenvalue weighted by Gasteiger charge is 2.38. The van der Waals surface area contributed by atoms with Gasteiger partial charge >= 0.3 is 22.3 Å². The van der Waals surface area contributed by atoms with E-state index < -0.39 is 33.9 Å². The first-order valence-corrected chi connectivity index (χ1v) is 4.56. The Morgan fingerprint density at radius 2 is 1.93 bits per heavy atom. The summed E-state index contributed by atoms with van der Waals surface area (Å²) in [6, 6.07) is 0. The zero-order valence-electron chi connectivity index (χ0n) is 6.25. The topological polar surface area (TPSA) is 73.1 Å². The van der Waals surface area contributed by atoms with Crippen LogP contribution in [-0.4, -0.2) is 18.6 Å². The lowest BCUT2D eigenvalue weighted by atomic mass is 10.6. The quantitative estimate of drug-likeness (QED) is 0.561. The summed E-state index contributed by atoms with van der Waals surface area (Å²) < 4.78 is 71.0. The third-order valence-corrected chi connectivity index (χ3v) is 1.62. The van der Waals surface area contributed by atoms with Crippen LogP contribution in [-0.2, 0) is 22.2 Å². The van der Waals surface area contributed by atoms with Crippen molar-refractivity contribution in [2.45, 2.75) is 11.9 Å². The van der Waals surface area contributed by atoms with Crippen molar-refractivity contribution in [1.82, 2.24) is 10.1 Å². The minimum absolute atomic E-state index is 0.875. The lowest BCUT2D eigenvalue weighted by Gasteiger charge is -1.95. The van der Waals surface area contributed by atoms with E-state index in [1.165, 1.54) is 0 Å². The zero-order chi connectivity index (χ0) is 11.0. The summed E-state index contributed by atoms with van der Waals surface area (Å²) in [7, 11) is -4.96. The molecule has 0 saturated carbocycles. The van der Waals surface area contributed by atoms with E-state index in [0.717, 1.165) is 0 Å². The Balaban J connectivity index is 2.90. The van der Waals surface area contributed by atoms with E-state index in [9.17, 15) is 25.5 Å². The average molecular weight is 234 g/mol. The van der Waals surface area contributed by atoms with Crippen LogP contribution < -0.4 is 0 Å². The van der Waals surface area contributed by atoms with Gasteiger partial charge in [-0.15, -0.1) is 3.89 Å². The fourth-order valence-electron chi connectivity index (χ4n) is 0.582. The standard InChI is InChI=1S/C4H2F4N2O3S/c5-4(6,7)3-9-2(10-13-3)1-14(8,11)12/h1H2. The Kier molecular flexibility index (Phi) is 2.48. The number of rotatable bonds is 2. The molecule has 0 atom stereocenters. The number of alkyl halides is 3. The lowest BCUT2D eigenvalue weighted by Crippen LogP contribution is -2.06. The van der Waals surface area contributed by atoms with Gasteiger partial charge in [-0.3, -0.25) is 0 Å². The van der Waals surface area contributed by atoms with Gasteiger partial charge in [-0.2, -0.15) is 26.6 Å². The Hall–Kier alpha value is -1.19. The number of nitrogens with zero attached hydrogens (tertiary/aromatic N) is 2. The van der Waals surface area contributed by atoms with E-state index in [2.05, 4.69) is 14.7 Å². The lowest BCUT2D eigenvalue weighted by molar-refractivity contribution is -0.159. The van der Waals surface area contributed by atoms with Crippen molar-refractivity contribution in [1.29, 1.82) is 0 Å². The third-order valence-electron chi connectivity index (χ3n) is 1.01. The van der Waals surface area contributed by atoms with E-state index in [-0.39, 0.29) is 0 Å². The van der Waals surface area contributed by atoms with Gasteiger partial charge in [0.1, 0.15) is 5.75 Å².